The molecule has 0 N–H and O–H groups in total. The zero-order valence-electron chi connectivity index (χ0n) is 10.4. The van der Waals surface area contributed by atoms with Crippen LogP contribution in [0.2, 0.25) is 0 Å². The Balaban J connectivity index is 2.56. The third-order valence-corrected chi connectivity index (χ3v) is 2.55. The highest BCUT2D eigenvalue weighted by Crippen LogP contribution is 2.33. The number of carbonyl (C=O) groups excluding carboxylic acids is 1. The Morgan fingerprint density at radius 3 is 2.60 bits per heavy atom. The lowest BCUT2D eigenvalue weighted by Crippen LogP contribution is -2.17. The smallest absolute Gasteiger partial charge is 0.405 e. The van der Waals surface area contributed by atoms with Gasteiger partial charge < -0.3 is 4.74 Å². The molecule has 2 aromatic rings. The molecular formula is C14H10F3NO2. The van der Waals surface area contributed by atoms with Crippen LogP contribution in [0.1, 0.15) is 15.9 Å². The molecule has 1 aromatic carbocycles. The van der Waals surface area contributed by atoms with Gasteiger partial charge in [-0.25, -0.2) is 0 Å². The standard InChI is InChI=1S/C14H10F3NO2/c1-9-6-10(8-19)13(18-7-9)11-4-2-3-5-12(11)20-14(15,16)17/h2-8H,1H3. The molecule has 0 unspecified atom stereocenters. The summed E-state index contributed by atoms with van der Waals surface area (Å²) in [6, 6.07) is 7.12. The van der Waals surface area contributed by atoms with E-state index < -0.39 is 6.36 Å². The SMILES string of the molecule is Cc1cnc(-c2ccccc2OC(F)(F)F)c(C=O)c1. The summed E-state index contributed by atoms with van der Waals surface area (Å²) in [4.78, 5) is 15.1. The molecule has 0 aliphatic heterocycles. The van der Waals surface area contributed by atoms with Gasteiger partial charge in [-0.2, -0.15) is 0 Å². The zero-order valence-corrected chi connectivity index (χ0v) is 10.4. The fourth-order valence-electron chi connectivity index (χ4n) is 1.78. The Hall–Kier alpha value is -2.37. The van der Waals surface area contributed by atoms with Crippen molar-refractivity contribution in [2.45, 2.75) is 13.3 Å². The van der Waals surface area contributed by atoms with Crippen molar-refractivity contribution in [3.8, 4) is 17.0 Å². The van der Waals surface area contributed by atoms with E-state index in [1.807, 2.05) is 0 Å². The lowest BCUT2D eigenvalue weighted by atomic mass is 10.0. The number of hydrogen-bond acceptors (Lipinski definition) is 3. The normalized spacial score (nSPS) is 11.2. The van der Waals surface area contributed by atoms with Crippen molar-refractivity contribution in [3.05, 3.63) is 47.7 Å². The predicted octanol–water partition coefficient (Wildman–Crippen LogP) is 3.77. The fraction of sp³-hybridized carbons (Fsp3) is 0.143. The van der Waals surface area contributed by atoms with E-state index in [0.29, 0.717) is 6.29 Å². The molecule has 20 heavy (non-hydrogen) atoms. The number of aromatic nitrogens is 1. The summed E-state index contributed by atoms with van der Waals surface area (Å²) < 4.78 is 41.1. The number of pyridine rings is 1. The van der Waals surface area contributed by atoms with Gasteiger partial charge in [0, 0.05) is 17.3 Å². The maximum Gasteiger partial charge on any atom is 0.573 e. The number of alkyl halides is 3. The van der Waals surface area contributed by atoms with Crippen molar-refractivity contribution in [2.24, 2.45) is 0 Å². The maximum absolute atomic E-state index is 12.4. The van der Waals surface area contributed by atoms with Crippen LogP contribution in [0.15, 0.2) is 36.5 Å². The van der Waals surface area contributed by atoms with Gasteiger partial charge in [0.15, 0.2) is 6.29 Å². The summed E-state index contributed by atoms with van der Waals surface area (Å²) in [5.74, 6) is -0.389. The van der Waals surface area contributed by atoms with Gasteiger partial charge in [0.25, 0.3) is 0 Å². The molecule has 0 atom stereocenters. The highest BCUT2D eigenvalue weighted by atomic mass is 19.4. The van der Waals surface area contributed by atoms with E-state index in [2.05, 4.69) is 9.72 Å². The Labute approximate surface area is 113 Å². The summed E-state index contributed by atoms with van der Waals surface area (Å²) in [6.07, 6.45) is -2.77. The number of carbonyl (C=O) groups is 1. The number of hydrogen-bond donors (Lipinski definition) is 0. The number of rotatable bonds is 3. The number of nitrogens with zero attached hydrogens (tertiary/aromatic N) is 1. The number of aryl methyl sites for hydroxylation is 1. The summed E-state index contributed by atoms with van der Waals surface area (Å²) >= 11 is 0. The minimum Gasteiger partial charge on any atom is -0.405 e. The number of halogens is 3. The van der Waals surface area contributed by atoms with Gasteiger partial charge in [0.1, 0.15) is 5.75 Å². The first-order valence-electron chi connectivity index (χ1n) is 5.67. The van der Waals surface area contributed by atoms with Gasteiger partial charge in [-0.1, -0.05) is 12.1 Å². The van der Waals surface area contributed by atoms with Crippen molar-refractivity contribution in [1.29, 1.82) is 0 Å². The van der Waals surface area contributed by atoms with Gasteiger partial charge in [-0.05, 0) is 30.7 Å². The molecule has 0 radical (unpaired) electrons. The average molecular weight is 281 g/mol. The lowest BCUT2D eigenvalue weighted by molar-refractivity contribution is -0.274. The molecule has 1 aromatic heterocycles. The van der Waals surface area contributed by atoms with Gasteiger partial charge in [-0.15, -0.1) is 13.2 Å². The molecule has 0 aliphatic carbocycles. The first-order valence-corrected chi connectivity index (χ1v) is 5.67. The second kappa shape index (κ2) is 5.32. The van der Waals surface area contributed by atoms with Crippen molar-refractivity contribution in [1.82, 2.24) is 4.98 Å². The molecule has 0 spiro atoms. The Morgan fingerprint density at radius 1 is 1.25 bits per heavy atom. The van der Waals surface area contributed by atoms with Crippen molar-refractivity contribution in [3.63, 3.8) is 0 Å². The van der Waals surface area contributed by atoms with E-state index >= 15 is 0 Å². The predicted molar refractivity (Wildman–Crippen MR) is 66.5 cm³/mol. The molecule has 0 saturated heterocycles. The second-order valence-corrected chi connectivity index (χ2v) is 4.11. The Bertz CT molecular complexity index is 639. The molecule has 1 heterocycles. The maximum atomic E-state index is 12.4. The van der Waals surface area contributed by atoms with Gasteiger partial charge >= 0.3 is 6.36 Å². The van der Waals surface area contributed by atoms with Gasteiger partial charge in [0.05, 0.1) is 5.69 Å². The van der Waals surface area contributed by atoms with E-state index in [9.17, 15) is 18.0 Å². The summed E-state index contributed by atoms with van der Waals surface area (Å²) in [7, 11) is 0. The van der Waals surface area contributed by atoms with Crippen molar-refractivity contribution >= 4 is 6.29 Å². The minimum absolute atomic E-state index is 0.118. The van der Waals surface area contributed by atoms with Crippen LogP contribution in [0.4, 0.5) is 13.2 Å². The van der Waals surface area contributed by atoms with E-state index in [1.165, 1.54) is 24.4 Å². The fourth-order valence-corrected chi connectivity index (χ4v) is 1.78. The van der Waals surface area contributed by atoms with Crippen LogP contribution in [-0.2, 0) is 0 Å². The highest BCUT2D eigenvalue weighted by molar-refractivity contribution is 5.87. The quantitative estimate of drug-likeness (QED) is 0.804. The third-order valence-electron chi connectivity index (χ3n) is 2.55. The van der Waals surface area contributed by atoms with Crippen LogP contribution in [0, 0.1) is 6.92 Å². The lowest BCUT2D eigenvalue weighted by Gasteiger charge is -2.13. The molecule has 104 valence electrons. The first-order chi connectivity index (χ1) is 9.40. The van der Waals surface area contributed by atoms with Crippen LogP contribution in [0.3, 0.4) is 0 Å². The average Bonchev–Trinajstić information content (AvgIpc) is 2.38. The molecule has 2 rings (SSSR count). The molecule has 0 fully saturated rings. The number of para-hydroxylation sites is 1. The molecule has 0 aliphatic rings. The van der Waals surface area contributed by atoms with Gasteiger partial charge in [0.2, 0.25) is 0 Å². The number of benzene rings is 1. The monoisotopic (exact) mass is 281 g/mol. The minimum atomic E-state index is -4.80. The topological polar surface area (TPSA) is 39.2 Å². The van der Waals surface area contributed by atoms with Gasteiger partial charge in [-0.3, -0.25) is 9.78 Å². The van der Waals surface area contributed by atoms with Crippen molar-refractivity contribution < 1.29 is 22.7 Å². The molecule has 0 amide bonds. The molecule has 6 heteroatoms. The van der Waals surface area contributed by atoms with E-state index in [1.54, 1.807) is 19.1 Å². The van der Waals surface area contributed by atoms with Crippen LogP contribution >= 0.6 is 0 Å². The van der Waals surface area contributed by atoms with Crippen LogP contribution in [0.5, 0.6) is 5.75 Å². The highest BCUT2D eigenvalue weighted by Gasteiger charge is 2.32. The largest absolute Gasteiger partial charge is 0.573 e. The first kappa shape index (κ1) is 14.0. The number of ether oxygens (including phenoxy) is 1. The molecular weight excluding hydrogens is 271 g/mol. The molecule has 0 saturated carbocycles. The summed E-state index contributed by atoms with van der Waals surface area (Å²) in [5.41, 5.74) is 1.23. The van der Waals surface area contributed by atoms with Crippen LogP contribution in [0.25, 0.3) is 11.3 Å². The summed E-state index contributed by atoms with van der Waals surface area (Å²) in [5, 5.41) is 0. The van der Waals surface area contributed by atoms with E-state index in [4.69, 9.17) is 0 Å². The molecule has 0 bridgehead atoms. The summed E-state index contributed by atoms with van der Waals surface area (Å²) in [6.45, 7) is 1.74. The Morgan fingerprint density at radius 2 is 1.95 bits per heavy atom. The Kier molecular flexibility index (Phi) is 3.74. The van der Waals surface area contributed by atoms with Crippen LogP contribution < -0.4 is 4.74 Å². The third kappa shape index (κ3) is 3.14. The zero-order chi connectivity index (χ0) is 14.8. The van der Waals surface area contributed by atoms with E-state index in [-0.39, 0.29) is 22.6 Å². The van der Waals surface area contributed by atoms with E-state index in [0.717, 1.165) is 5.56 Å². The number of aldehydes is 1. The van der Waals surface area contributed by atoms with Crippen molar-refractivity contribution in [2.75, 3.05) is 0 Å². The van der Waals surface area contributed by atoms with Crippen LogP contribution in [-0.4, -0.2) is 17.6 Å². The molecule has 3 nitrogen and oxygen atoms in total. The second-order valence-electron chi connectivity index (χ2n) is 4.11.